The summed E-state index contributed by atoms with van der Waals surface area (Å²) in [4.78, 5) is 2.69. The molecule has 0 aliphatic carbocycles. The summed E-state index contributed by atoms with van der Waals surface area (Å²) >= 11 is 0. The Hall–Kier alpha value is -0.0400. The highest BCUT2D eigenvalue weighted by Crippen LogP contribution is 2.07. The molecule has 0 N–H and O–H groups in total. The Morgan fingerprint density at radius 2 is 0.889 bits per heavy atom. The van der Waals surface area contributed by atoms with E-state index in [9.17, 15) is 0 Å². The number of rotatable bonds is 14. The molecule has 0 heterocycles. The summed E-state index contributed by atoms with van der Waals surface area (Å²) in [6.07, 6.45) is 15.4. The minimum Gasteiger partial charge on any atom is -0.303 e. The molecule has 0 atom stereocenters. The minimum atomic E-state index is 1.31. The molecule has 18 heavy (non-hydrogen) atoms. The standard InChI is InChI=1S/C17H37N/c1-4-7-9-11-12-14-17-18(15-6-3)16-13-10-8-5-2/h4-17H2,1-3H3. The zero-order valence-electron chi connectivity index (χ0n) is 13.3. The van der Waals surface area contributed by atoms with Crippen LogP contribution >= 0.6 is 0 Å². The van der Waals surface area contributed by atoms with E-state index in [0.717, 1.165) is 0 Å². The van der Waals surface area contributed by atoms with E-state index < -0.39 is 0 Å². The predicted molar refractivity (Wildman–Crippen MR) is 84.2 cm³/mol. The summed E-state index contributed by atoms with van der Waals surface area (Å²) in [6, 6.07) is 0. The van der Waals surface area contributed by atoms with Crippen molar-refractivity contribution in [1.29, 1.82) is 0 Å². The van der Waals surface area contributed by atoms with E-state index >= 15 is 0 Å². The molecule has 0 unspecified atom stereocenters. The monoisotopic (exact) mass is 255 g/mol. The number of unbranched alkanes of at least 4 members (excludes halogenated alkanes) is 8. The maximum Gasteiger partial charge on any atom is -0.00187 e. The summed E-state index contributed by atoms with van der Waals surface area (Å²) < 4.78 is 0. The molecule has 0 radical (unpaired) electrons. The van der Waals surface area contributed by atoms with Crippen molar-refractivity contribution in [3.8, 4) is 0 Å². The van der Waals surface area contributed by atoms with Crippen LogP contribution in [0.15, 0.2) is 0 Å². The van der Waals surface area contributed by atoms with Crippen molar-refractivity contribution >= 4 is 0 Å². The SMILES string of the molecule is CCCCCCCCN(CCC)CCCCCC. The van der Waals surface area contributed by atoms with E-state index in [1.807, 2.05) is 0 Å². The number of hydrogen-bond acceptors (Lipinski definition) is 1. The third-order valence-corrected chi connectivity index (χ3v) is 3.70. The average Bonchev–Trinajstić information content (AvgIpc) is 2.38. The van der Waals surface area contributed by atoms with E-state index in [2.05, 4.69) is 25.7 Å². The van der Waals surface area contributed by atoms with Gasteiger partial charge in [-0.2, -0.15) is 0 Å². The molecular formula is C17H37N. The van der Waals surface area contributed by atoms with E-state index in [1.54, 1.807) is 0 Å². The molecular weight excluding hydrogens is 218 g/mol. The van der Waals surface area contributed by atoms with Gasteiger partial charge in [0, 0.05) is 0 Å². The first-order valence-electron chi connectivity index (χ1n) is 8.57. The first-order chi connectivity index (χ1) is 8.85. The second-order valence-electron chi connectivity index (χ2n) is 5.67. The molecule has 0 spiro atoms. The topological polar surface area (TPSA) is 3.24 Å². The number of nitrogens with zero attached hydrogens (tertiary/aromatic N) is 1. The average molecular weight is 255 g/mol. The highest BCUT2D eigenvalue weighted by atomic mass is 15.1. The lowest BCUT2D eigenvalue weighted by Gasteiger charge is -2.21. The molecule has 0 aromatic rings. The van der Waals surface area contributed by atoms with Gasteiger partial charge in [0.1, 0.15) is 0 Å². The van der Waals surface area contributed by atoms with Crippen LogP contribution in [0, 0.1) is 0 Å². The first-order valence-corrected chi connectivity index (χ1v) is 8.57. The van der Waals surface area contributed by atoms with E-state index in [1.165, 1.54) is 90.3 Å². The summed E-state index contributed by atoms with van der Waals surface area (Å²) in [6.45, 7) is 10.9. The third kappa shape index (κ3) is 12.4. The van der Waals surface area contributed by atoms with Crippen molar-refractivity contribution in [1.82, 2.24) is 4.90 Å². The summed E-state index contributed by atoms with van der Waals surface area (Å²) in [5.41, 5.74) is 0. The Kier molecular flexibility index (Phi) is 15.0. The lowest BCUT2D eigenvalue weighted by atomic mass is 10.1. The Morgan fingerprint density at radius 3 is 1.39 bits per heavy atom. The van der Waals surface area contributed by atoms with Gasteiger partial charge in [0.05, 0.1) is 0 Å². The third-order valence-electron chi connectivity index (χ3n) is 3.70. The van der Waals surface area contributed by atoms with Crippen LogP contribution in [0.1, 0.15) is 91.4 Å². The van der Waals surface area contributed by atoms with Crippen molar-refractivity contribution in [2.24, 2.45) is 0 Å². The van der Waals surface area contributed by atoms with Crippen molar-refractivity contribution in [2.75, 3.05) is 19.6 Å². The van der Waals surface area contributed by atoms with Gasteiger partial charge in [-0.15, -0.1) is 0 Å². The minimum absolute atomic E-state index is 1.31. The van der Waals surface area contributed by atoms with Crippen LogP contribution in [0.25, 0.3) is 0 Å². The largest absolute Gasteiger partial charge is 0.303 e. The molecule has 0 fully saturated rings. The smallest absolute Gasteiger partial charge is 0.00187 e. The van der Waals surface area contributed by atoms with Crippen LogP contribution in [0.3, 0.4) is 0 Å². The van der Waals surface area contributed by atoms with Crippen molar-refractivity contribution in [2.45, 2.75) is 91.4 Å². The maximum atomic E-state index is 2.69. The predicted octanol–water partition coefficient (Wildman–Crippen LogP) is 5.64. The summed E-state index contributed by atoms with van der Waals surface area (Å²) in [5.74, 6) is 0. The number of hydrogen-bond donors (Lipinski definition) is 0. The fourth-order valence-corrected chi connectivity index (χ4v) is 2.53. The van der Waals surface area contributed by atoms with Crippen LogP contribution in [0.5, 0.6) is 0 Å². The zero-order valence-corrected chi connectivity index (χ0v) is 13.3. The van der Waals surface area contributed by atoms with Gasteiger partial charge in [0.15, 0.2) is 0 Å². The lowest BCUT2D eigenvalue weighted by molar-refractivity contribution is 0.261. The fraction of sp³-hybridized carbons (Fsp3) is 1.00. The molecule has 0 aromatic carbocycles. The Morgan fingerprint density at radius 1 is 0.444 bits per heavy atom. The van der Waals surface area contributed by atoms with Gasteiger partial charge in [0.2, 0.25) is 0 Å². The normalized spacial score (nSPS) is 11.3. The Balaban J connectivity index is 3.44. The summed E-state index contributed by atoms with van der Waals surface area (Å²) in [5, 5.41) is 0. The molecule has 0 bridgehead atoms. The second kappa shape index (κ2) is 15.0. The molecule has 1 heteroatoms. The Labute approximate surface area is 116 Å². The molecule has 110 valence electrons. The van der Waals surface area contributed by atoms with Gasteiger partial charge in [-0.05, 0) is 38.9 Å². The van der Waals surface area contributed by atoms with E-state index in [0.29, 0.717) is 0 Å². The molecule has 0 aromatic heterocycles. The van der Waals surface area contributed by atoms with Crippen molar-refractivity contribution < 1.29 is 0 Å². The van der Waals surface area contributed by atoms with Crippen LogP contribution in [0.2, 0.25) is 0 Å². The van der Waals surface area contributed by atoms with Crippen LogP contribution in [-0.2, 0) is 0 Å². The molecule has 1 nitrogen and oxygen atoms in total. The quantitative estimate of drug-likeness (QED) is 0.363. The molecule has 0 saturated heterocycles. The van der Waals surface area contributed by atoms with Gasteiger partial charge in [-0.1, -0.05) is 72.1 Å². The van der Waals surface area contributed by atoms with Crippen molar-refractivity contribution in [3.63, 3.8) is 0 Å². The summed E-state index contributed by atoms with van der Waals surface area (Å²) in [7, 11) is 0. The van der Waals surface area contributed by atoms with Crippen molar-refractivity contribution in [3.05, 3.63) is 0 Å². The van der Waals surface area contributed by atoms with Gasteiger partial charge < -0.3 is 4.90 Å². The van der Waals surface area contributed by atoms with Gasteiger partial charge in [-0.3, -0.25) is 0 Å². The fourth-order valence-electron chi connectivity index (χ4n) is 2.53. The molecule has 0 saturated carbocycles. The van der Waals surface area contributed by atoms with Crippen LogP contribution < -0.4 is 0 Å². The lowest BCUT2D eigenvalue weighted by Crippen LogP contribution is -2.26. The highest BCUT2D eigenvalue weighted by Gasteiger charge is 2.02. The molecule has 0 amide bonds. The van der Waals surface area contributed by atoms with E-state index in [-0.39, 0.29) is 0 Å². The van der Waals surface area contributed by atoms with Gasteiger partial charge in [0.25, 0.3) is 0 Å². The molecule has 0 rings (SSSR count). The molecule has 0 aliphatic rings. The second-order valence-corrected chi connectivity index (χ2v) is 5.67. The Bertz CT molecular complexity index is 145. The maximum absolute atomic E-state index is 2.69. The van der Waals surface area contributed by atoms with Crippen LogP contribution in [0.4, 0.5) is 0 Å². The zero-order chi connectivity index (χ0) is 13.5. The van der Waals surface area contributed by atoms with Gasteiger partial charge in [-0.25, -0.2) is 0 Å². The van der Waals surface area contributed by atoms with Gasteiger partial charge >= 0.3 is 0 Å². The van der Waals surface area contributed by atoms with Crippen LogP contribution in [-0.4, -0.2) is 24.5 Å². The molecule has 0 aliphatic heterocycles. The highest BCUT2D eigenvalue weighted by molar-refractivity contribution is 4.58. The van der Waals surface area contributed by atoms with E-state index in [4.69, 9.17) is 0 Å². The first kappa shape index (κ1) is 18.0.